The van der Waals surface area contributed by atoms with Gasteiger partial charge >= 0.3 is 0 Å². The molecule has 0 aliphatic rings. The van der Waals surface area contributed by atoms with Gasteiger partial charge in [-0.05, 0) is 50.3 Å². The van der Waals surface area contributed by atoms with Crippen LogP contribution in [0.1, 0.15) is 25.1 Å². The van der Waals surface area contributed by atoms with E-state index in [2.05, 4.69) is 30.6 Å². The Morgan fingerprint density at radius 2 is 2.10 bits per heavy atom. The maximum Gasteiger partial charge on any atom is 0.180 e. The molecule has 0 fully saturated rings. The van der Waals surface area contributed by atoms with E-state index in [1.807, 2.05) is 56.5 Å². The fraction of sp³-hybridized carbons (Fsp3) is 0.227. The minimum Gasteiger partial charge on any atom is -0.494 e. The van der Waals surface area contributed by atoms with E-state index in [1.54, 1.807) is 6.20 Å². The first kappa shape index (κ1) is 22.1. The van der Waals surface area contributed by atoms with E-state index < -0.39 is 0 Å². The third-order valence-corrected chi connectivity index (χ3v) is 4.48. The highest BCUT2D eigenvalue weighted by molar-refractivity contribution is 7.80. The predicted octanol–water partition coefficient (Wildman–Crippen LogP) is 1.38. The molecule has 2 heterocycles. The molecular formula is C22H26N7OS+. The molecule has 9 heteroatoms. The first-order chi connectivity index (χ1) is 15.1. The fourth-order valence-corrected chi connectivity index (χ4v) is 3.07. The van der Waals surface area contributed by atoms with E-state index in [1.165, 1.54) is 6.20 Å². The third kappa shape index (κ3) is 6.19. The smallest absolute Gasteiger partial charge is 0.180 e. The van der Waals surface area contributed by atoms with Gasteiger partial charge in [0.05, 0.1) is 24.1 Å². The van der Waals surface area contributed by atoms with Gasteiger partial charge in [0, 0.05) is 18.3 Å². The Bertz CT molecular complexity index is 1110. The van der Waals surface area contributed by atoms with E-state index in [0.29, 0.717) is 46.5 Å². The minimum atomic E-state index is 0.499. The number of benzene rings is 1. The average molecular weight is 437 g/mol. The van der Waals surface area contributed by atoms with Gasteiger partial charge in [0.2, 0.25) is 0 Å². The zero-order valence-electron chi connectivity index (χ0n) is 17.6. The Labute approximate surface area is 186 Å². The van der Waals surface area contributed by atoms with Crippen LogP contribution in [0, 0.1) is 0 Å². The van der Waals surface area contributed by atoms with E-state index in [0.717, 1.165) is 17.9 Å². The number of ether oxygens (including phenoxy) is 1. The van der Waals surface area contributed by atoms with Gasteiger partial charge in [-0.2, -0.15) is 0 Å². The number of allylic oxidation sites excluding steroid dienone is 1. The van der Waals surface area contributed by atoms with Crippen LogP contribution in [0.15, 0.2) is 48.8 Å². The number of aromatic nitrogens is 3. The number of nitrogens with zero attached hydrogens (tertiary/aromatic N) is 3. The van der Waals surface area contributed by atoms with Crippen LogP contribution in [-0.2, 0) is 6.54 Å². The Balaban J connectivity index is 1.76. The summed E-state index contributed by atoms with van der Waals surface area (Å²) in [6, 6.07) is 11.6. The highest BCUT2D eigenvalue weighted by Crippen LogP contribution is 2.15. The first-order valence-electron chi connectivity index (χ1n) is 10.0. The molecular weight excluding hydrogens is 410 g/mol. The van der Waals surface area contributed by atoms with E-state index >= 15 is 0 Å². The summed E-state index contributed by atoms with van der Waals surface area (Å²) in [4.78, 5) is 16.8. The molecule has 0 spiro atoms. The van der Waals surface area contributed by atoms with Crippen molar-refractivity contribution in [3.05, 3.63) is 60.1 Å². The quantitative estimate of drug-likeness (QED) is 0.310. The zero-order valence-corrected chi connectivity index (χ0v) is 18.4. The maximum atomic E-state index is 5.84. The van der Waals surface area contributed by atoms with Crippen molar-refractivity contribution in [3.63, 3.8) is 0 Å². The molecule has 31 heavy (non-hydrogen) atoms. The molecule has 3 rings (SSSR count). The summed E-state index contributed by atoms with van der Waals surface area (Å²) < 4.78 is 5.54. The molecule has 0 bridgehead atoms. The van der Waals surface area contributed by atoms with Crippen LogP contribution in [0.2, 0.25) is 0 Å². The standard InChI is InChI=1S/C22H25N7OS/c1-3-25-22(31)29-20-9-8-18-21(28-20)27-19(14-26-18)16(11-23)13-24-12-15-6-5-7-17(10-15)30-4-2/h5-11,13-14H,3-4,12,23H2,1-2H3,(H2,25,27,28,29,31)/p+1. The second-order valence-electron chi connectivity index (χ2n) is 6.51. The molecule has 0 saturated heterocycles. The van der Waals surface area contributed by atoms with Crippen LogP contribution in [0.25, 0.3) is 16.7 Å². The Morgan fingerprint density at radius 3 is 2.87 bits per heavy atom. The van der Waals surface area contributed by atoms with Crippen molar-refractivity contribution < 1.29 is 9.73 Å². The Hall–Kier alpha value is -3.59. The second-order valence-corrected chi connectivity index (χ2v) is 6.91. The highest BCUT2D eigenvalue weighted by atomic mass is 32.1. The van der Waals surface area contributed by atoms with Gasteiger partial charge in [-0.3, -0.25) is 4.98 Å². The van der Waals surface area contributed by atoms with Crippen molar-refractivity contribution in [2.75, 3.05) is 18.5 Å². The molecule has 0 amide bonds. The van der Waals surface area contributed by atoms with E-state index in [-0.39, 0.29) is 0 Å². The summed E-state index contributed by atoms with van der Waals surface area (Å²) in [6.45, 7) is 5.92. The van der Waals surface area contributed by atoms with Crippen molar-refractivity contribution in [2.24, 2.45) is 5.73 Å². The van der Waals surface area contributed by atoms with Crippen molar-refractivity contribution in [2.45, 2.75) is 20.4 Å². The summed E-state index contributed by atoms with van der Waals surface area (Å²) in [6.07, 6.45) is 4.97. The van der Waals surface area contributed by atoms with Crippen molar-refractivity contribution in [3.8, 4) is 5.75 Å². The van der Waals surface area contributed by atoms with Crippen LogP contribution >= 0.6 is 12.2 Å². The van der Waals surface area contributed by atoms with Crippen LogP contribution in [0.4, 0.5) is 5.82 Å². The number of hydrogen-bond acceptors (Lipinski definition) is 6. The summed E-state index contributed by atoms with van der Waals surface area (Å²) >= 11 is 5.21. The molecule has 0 aliphatic heterocycles. The molecule has 0 aliphatic carbocycles. The van der Waals surface area contributed by atoms with Gasteiger partial charge in [0.25, 0.3) is 0 Å². The molecule has 2 aromatic heterocycles. The largest absolute Gasteiger partial charge is 0.494 e. The normalized spacial score (nSPS) is 11.6. The van der Waals surface area contributed by atoms with Crippen LogP contribution < -0.4 is 26.1 Å². The van der Waals surface area contributed by atoms with Gasteiger partial charge < -0.3 is 21.1 Å². The van der Waals surface area contributed by atoms with E-state index in [4.69, 9.17) is 22.7 Å². The zero-order chi connectivity index (χ0) is 22.1. The lowest BCUT2D eigenvalue weighted by Gasteiger charge is -2.08. The molecule has 0 unspecified atom stereocenters. The van der Waals surface area contributed by atoms with Crippen molar-refractivity contribution in [1.82, 2.24) is 20.3 Å². The van der Waals surface area contributed by atoms with Crippen LogP contribution in [0.3, 0.4) is 0 Å². The predicted molar refractivity (Wildman–Crippen MR) is 128 cm³/mol. The number of nitrogens with one attached hydrogen (secondary N) is 3. The molecule has 8 nitrogen and oxygen atoms in total. The fourth-order valence-electron chi connectivity index (χ4n) is 2.83. The maximum absolute atomic E-state index is 5.84. The highest BCUT2D eigenvalue weighted by Gasteiger charge is 2.09. The first-order valence-corrected chi connectivity index (χ1v) is 10.4. The van der Waals surface area contributed by atoms with Crippen LogP contribution in [-0.4, -0.2) is 39.4 Å². The summed E-state index contributed by atoms with van der Waals surface area (Å²) in [5, 5.41) is 6.57. The van der Waals surface area contributed by atoms with E-state index in [9.17, 15) is 0 Å². The summed E-state index contributed by atoms with van der Waals surface area (Å²) in [5.41, 5.74) is 9.44. The molecule has 0 radical (unpaired) electrons. The minimum absolute atomic E-state index is 0.499. The number of anilines is 1. The van der Waals surface area contributed by atoms with Gasteiger partial charge in [0.1, 0.15) is 17.1 Å². The number of hydrogen-bond donors (Lipinski definition) is 4. The van der Waals surface area contributed by atoms with Gasteiger partial charge in [-0.15, -0.1) is 0 Å². The lowest BCUT2D eigenvalue weighted by molar-refractivity contribution is -0.468. The second kappa shape index (κ2) is 11.0. The Morgan fingerprint density at radius 1 is 1.23 bits per heavy atom. The summed E-state index contributed by atoms with van der Waals surface area (Å²) in [5.74, 6) is 1.44. The number of pyridine rings is 1. The number of rotatable bonds is 8. The lowest BCUT2D eigenvalue weighted by atomic mass is 10.2. The third-order valence-electron chi connectivity index (χ3n) is 4.23. The SMILES string of the molecule is CCNC(=S)Nc1ccc2ncc(C(C=[NH+]Cc3cccc(OCC)c3)=CN)nc2n1. The lowest BCUT2D eigenvalue weighted by Crippen LogP contribution is -2.67. The molecule has 0 saturated carbocycles. The Kier molecular flexibility index (Phi) is 7.83. The monoisotopic (exact) mass is 436 g/mol. The molecule has 5 N–H and O–H groups in total. The van der Waals surface area contributed by atoms with Crippen molar-refractivity contribution in [1.29, 1.82) is 0 Å². The molecule has 1 aromatic carbocycles. The van der Waals surface area contributed by atoms with Gasteiger partial charge in [-0.1, -0.05) is 12.1 Å². The van der Waals surface area contributed by atoms with Gasteiger partial charge in [0.15, 0.2) is 23.5 Å². The number of nitrogens with two attached hydrogens (primary N) is 1. The van der Waals surface area contributed by atoms with Crippen LogP contribution in [0.5, 0.6) is 5.75 Å². The number of fused-ring (bicyclic) bond motifs is 1. The molecule has 160 valence electrons. The topological polar surface area (TPSA) is 112 Å². The molecule has 3 aromatic rings. The molecule has 0 atom stereocenters. The van der Waals surface area contributed by atoms with Crippen molar-refractivity contribution >= 4 is 46.1 Å². The number of thiocarbonyl (C=S) groups is 1. The average Bonchev–Trinajstić information content (AvgIpc) is 2.77. The van der Waals surface area contributed by atoms with Gasteiger partial charge in [-0.25, -0.2) is 15.0 Å². The summed E-state index contributed by atoms with van der Waals surface area (Å²) in [7, 11) is 0.